The summed E-state index contributed by atoms with van der Waals surface area (Å²) >= 11 is 0. The van der Waals surface area contributed by atoms with Crippen LogP contribution in [0, 0.1) is 0 Å². The number of amides is 2. The summed E-state index contributed by atoms with van der Waals surface area (Å²) in [5.74, 6) is -0.802. The zero-order valence-electron chi connectivity index (χ0n) is 12.6. The second-order valence-electron chi connectivity index (χ2n) is 4.58. The van der Waals surface area contributed by atoms with E-state index in [2.05, 4.69) is 15.4 Å². The predicted octanol–water partition coefficient (Wildman–Crippen LogP) is -0.403. The first-order chi connectivity index (χ1) is 10.6. The molecule has 22 heavy (non-hydrogen) atoms. The van der Waals surface area contributed by atoms with E-state index in [4.69, 9.17) is 5.73 Å². The van der Waals surface area contributed by atoms with Gasteiger partial charge in [0.15, 0.2) is 0 Å². The van der Waals surface area contributed by atoms with Crippen molar-refractivity contribution in [2.45, 2.75) is 12.8 Å². The fourth-order valence-electron chi connectivity index (χ4n) is 1.72. The number of carbonyl (C=O) groups is 3. The average Bonchev–Trinajstić information content (AvgIpc) is 2.54. The van der Waals surface area contributed by atoms with Crippen LogP contribution in [0.25, 0.3) is 0 Å². The highest BCUT2D eigenvalue weighted by atomic mass is 16.5. The fourth-order valence-corrected chi connectivity index (χ4v) is 1.72. The van der Waals surface area contributed by atoms with E-state index in [9.17, 15) is 14.4 Å². The molecular formula is C15H21N3O4. The van der Waals surface area contributed by atoms with Crippen LogP contribution < -0.4 is 16.4 Å². The Morgan fingerprint density at radius 2 is 1.77 bits per heavy atom. The third kappa shape index (κ3) is 6.36. The molecule has 0 atom stereocenters. The predicted molar refractivity (Wildman–Crippen MR) is 81.2 cm³/mol. The molecule has 0 aliphatic carbocycles. The summed E-state index contributed by atoms with van der Waals surface area (Å²) in [6, 6.07) is 7.05. The van der Waals surface area contributed by atoms with E-state index in [0.717, 1.165) is 5.56 Å². The minimum absolute atomic E-state index is 0.0231. The van der Waals surface area contributed by atoms with Crippen molar-refractivity contribution in [3.8, 4) is 0 Å². The second kappa shape index (κ2) is 9.51. The number of methoxy groups -OCH3 is 1. The van der Waals surface area contributed by atoms with Gasteiger partial charge < -0.3 is 21.1 Å². The Morgan fingerprint density at radius 3 is 2.36 bits per heavy atom. The molecule has 0 aromatic heterocycles. The van der Waals surface area contributed by atoms with Gasteiger partial charge in [-0.1, -0.05) is 12.1 Å². The van der Waals surface area contributed by atoms with Gasteiger partial charge in [-0.05, 0) is 24.1 Å². The van der Waals surface area contributed by atoms with Gasteiger partial charge in [-0.25, -0.2) is 0 Å². The number of carbonyl (C=O) groups excluding carboxylic acids is 3. The molecule has 7 nitrogen and oxygen atoms in total. The first kappa shape index (κ1) is 17.6. The maximum atomic E-state index is 11.8. The van der Waals surface area contributed by atoms with Crippen LogP contribution in [0.4, 0.5) is 0 Å². The number of esters is 1. The van der Waals surface area contributed by atoms with Crippen LogP contribution in [0.15, 0.2) is 24.3 Å². The molecule has 120 valence electrons. The number of rotatable bonds is 8. The lowest BCUT2D eigenvalue weighted by Crippen LogP contribution is -2.31. The number of nitrogens with one attached hydrogen (secondary N) is 2. The number of ether oxygens (including phenoxy) is 1. The normalized spacial score (nSPS) is 9.91. The van der Waals surface area contributed by atoms with E-state index in [1.807, 2.05) is 12.1 Å². The van der Waals surface area contributed by atoms with E-state index in [1.165, 1.54) is 7.11 Å². The molecule has 7 heteroatoms. The molecule has 1 aromatic rings. The molecule has 0 unspecified atom stereocenters. The first-order valence-electron chi connectivity index (χ1n) is 6.97. The summed E-state index contributed by atoms with van der Waals surface area (Å²) in [6.07, 6.45) is 0.803. The Bertz CT molecular complexity index is 514. The summed E-state index contributed by atoms with van der Waals surface area (Å²) in [7, 11) is 1.30. The Balaban J connectivity index is 2.38. The quantitative estimate of drug-likeness (QED) is 0.566. The molecule has 0 aliphatic rings. The lowest BCUT2D eigenvalue weighted by Gasteiger charge is -2.06. The molecule has 0 saturated heterocycles. The average molecular weight is 307 g/mol. The number of benzene rings is 1. The van der Waals surface area contributed by atoms with Gasteiger partial charge in [0.2, 0.25) is 5.91 Å². The minimum Gasteiger partial charge on any atom is -0.469 e. The number of hydrogen-bond acceptors (Lipinski definition) is 5. The van der Waals surface area contributed by atoms with Crippen LogP contribution in [-0.4, -0.2) is 44.5 Å². The molecule has 0 spiro atoms. The van der Waals surface area contributed by atoms with Gasteiger partial charge >= 0.3 is 5.97 Å². The first-order valence-corrected chi connectivity index (χ1v) is 6.97. The largest absolute Gasteiger partial charge is 0.469 e. The standard InChI is InChI=1S/C15H21N3O4/c1-22-14(20)7-9-18-15(21)12-4-2-11(3-5-12)6-8-17-13(19)10-16/h2-5H,6-10,16H2,1H3,(H,17,19)(H,18,21). The highest BCUT2D eigenvalue weighted by Gasteiger charge is 2.06. The van der Waals surface area contributed by atoms with E-state index in [0.29, 0.717) is 18.5 Å². The van der Waals surface area contributed by atoms with Crippen LogP contribution in [-0.2, 0) is 20.7 Å². The van der Waals surface area contributed by atoms with Crippen molar-refractivity contribution in [1.82, 2.24) is 10.6 Å². The van der Waals surface area contributed by atoms with Crippen molar-refractivity contribution in [3.63, 3.8) is 0 Å². The van der Waals surface area contributed by atoms with Crippen molar-refractivity contribution >= 4 is 17.8 Å². The third-order valence-electron chi connectivity index (χ3n) is 2.98. The number of hydrogen-bond donors (Lipinski definition) is 3. The van der Waals surface area contributed by atoms with Crippen molar-refractivity contribution < 1.29 is 19.1 Å². The number of nitrogens with two attached hydrogens (primary N) is 1. The molecule has 0 fully saturated rings. The summed E-state index contributed by atoms with van der Waals surface area (Å²) in [6.45, 7) is 0.712. The zero-order valence-corrected chi connectivity index (χ0v) is 12.6. The van der Waals surface area contributed by atoms with E-state index < -0.39 is 0 Å². The van der Waals surface area contributed by atoms with E-state index in [-0.39, 0.29) is 37.3 Å². The molecule has 4 N–H and O–H groups in total. The summed E-state index contributed by atoms with van der Waals surface area (Å²) < 4.78 is 4.49. The smallest absolute Gasteiger partial charge is 0.307 e. The van der Waals surface area contributed by atoms with E-state index in [1.54, 1.807) is 12.1 Å². The molecule has 1 aromatic carbocycles. The van der Waals surface area contributed by atoms with Crippen molar-refractivity contribution in [3.05, 3.63) is 35.4 Å². The molecule has 0 saturated carbocycles. The summed E-state index contributed by atoms with van der Waals surface area (Å²) in [4.78, 5) is 33.8. The zero-order chi connectivity index (χ0) is 16.4. The molecule has 0 aliphatic heterocycles. The van der Waals surface area contributed by atoms with Gasteiger partial charge in [0.25, 0.3) is 5.91 Å². The minimum atomic E-state index is -0.366. The lowest BCUT2D eigenvalue weighted by atomic mass is 10.1. The van der Waals surface area contributed by atoms with Gasteiger partial charge in [-0.15, -0.1) is 0 Å². The highest BCUT2D eigenvalue weighted by Crippen LogP contribution is 2.05. The Hall–Kier alpha value is -2.41. The Morgan fingerprint density at radius 1 is 1.09 bits per heavy atom. The summed E-state index contributed by atoms with van der Waals surface area (Å²) in [5.41, 5.74) is 6.70. The molecule has 2 amide bonds. The van der Waals surface area contributed by atoms with Crippen LogP contribution in [0.3, 0.4) is 0 Å². The van der Waals surface area contributed by atoms with Crippen molar-refractivity contribution in [2.75, 3.05) is 26.7 Å². The van der Waals surface area contributed by atoms with Crippen molar-refractivity contribution in [1.29, 1.82) is 0 Å². The molecule has 0 bridgehead atoms. The maximum absolute atomic E-state index is 11.8. The van der Waals surface area contributed by atoms with Gasteiger partial charge in [0.1, 0.15) is 0 Å². The van der Waals surface area contributed by atoms with Gasteiger partial charge in [0.05, 0.1) is 20.1 Å². The molecule has 0 heterocycles. The molecular weight excluding hydrogens is 286 g/mol. The van der Waals surface area contributed by atoms with Crippen LogP contribution in [0.5, 0.6) is 0 Å². The molecule has 0 radical (unpaired) electrons. The topological polar surface area (TPSA) is 111 Å². The van der Waals surface area contributed by atoms with Crippen molar-refractivity contribution in [2.24, 2.45) is 5.73 Å². The highest BCUT2D eigenvalue weighted by molar-refractivity contribution is 5.94. The van der Waals surface area contributed by atoms with Crippen LogP contribution >= 0.6 is 0 Å². The molecule has 1 rings (SSSR count). The SMILES string of the molecule is COC(=O)CCNC(=O)c1ccc(CCNC(=O)CN)cc1. The van der Waals surface area contributed by atoms with E-state index >= 15 is 0 Å². The van der Waals surface area contributed by atoms with Crippen LogP contribution in [0.2, 0.25) is 0 Å². The van der Waals surface area contributed by atoms with Gasteiger partial charge in [-0.3, -0.25) is 14.4 Å². The summed E-state index contributed by atoms with van der Waals surface area (Å²) in [5, 5.41) is 5.31. The van der Waals surface area contributed by atoms with Gasteiger partial charge in [0, 0.05) is 18.7 Å². The Labute approximate surface area is 129 Å². The van der Waals surface area contributed by atoms with Gasteiger partial charge in [-0.2, -0.15) is 0 Å². The third-order valence-corrected chi connectivity index (χ3v) is 2.98. The maximum Gasteiger partial charge on any atom is 0.307 e. The second-order valence-corrected chi connectivity index (χ2v) is 4.58. The van der Waals surface area contributed by atoms with Crippen LogP contribution in [0.1, 0.15) is 22.3 Å². The fraction of sp³-hybridized carbons (Fsp3) is 0.400. The Kier molecular flexibility index (Phi) is 7.63. The monoisotopic (exact) mass is 307 g/mol. The lowest BCUT2D eigenvalue weighted by molar-refractivity contribution is -0.140.